The molecule has 1 aromatic heterocycles. The quantitative estimate of drug-likeness (QED) is 0.138. The number of nitrogens with zero attached hydrogens (tertiary/aromatic N) is 1. The van der Waals surface area contributed by atoms with Crippen LogP contribution in [0.25, 0.3) is 59.3 Å². The van der Waals surface area contributed by atoms with Crippen molar-refractivity contribution in [3.63, 3.8) is 0 Å². The summed E-state index contributed by atoms with van der Waals surface area (Å²) in [5.41, 5.74) is 25.3. The number of rotatable bonds is 5. The summed E-state index contributed by atoms with van der Waals surface area (Å²) in [5.74, 6) is 0.870. The molecular formula is C54H36N2S. The van der Waals surface area contributed by atoms with Crippen molar-refractivity contribution in [1.82, 2.24) is 0 Å². The van der Waals surface area contributed by atoms with Crippen LogP contribution in [0.3, 0.4) is 0 Å². The van der Waals surface area contributed by atoms with Gasteiger partial charge in [-0.2, -0.15) is 0 Å². The lowest BCUT2D eigenvalue weighted by Gasteiger charge is -2.30. The predicted molar refractivity (Wildman–Crippen MR) is 239 cm³/mol. The Balaban J connectivity index is 1.06. The Labute approximate surface area is 335 Å². The van der Waals surface area contributed by atoms with Crippen LogP contribution < -0.4 is 5.73 Å². The molecular weight excluding hydrogens is 709 g/mol. The number of thiophene rings is 1. The number of benzene rings is 8. The Hall–Kier alpha value is -6.81. The van der Waals surface area contributed by atoms with Crippen molar-refractivity contribution >= 4 is 43.0 Å². The Bertz CT molecular complexity index is 3100. The molecule has 0 saturated heterocycles. The standard InChI is InChI=1S/C54H36N2S/c55-53(34-16-5-2-6-17-34)56-52(43-32-42(43)33-14-3-1-4-15-33)41-21-13-25-50-51(41)44-30-35(27-29-49(44)57-50)36-26-28-40-39-20-9-12-24-47(39)54(48(40)31-36)45-22-10-7-18-37(45)38-19-8-11-23-46(38)54/h1-31,42H,32H2,(H2,55,56). The van der Waals surface area contributed by atoms with Crippen LogP contribution in [0.4, 0.5) is 0 Å². The number of aliphatic imine (C=N–C) groups is 1. The van der Waals surface area contributed by atoms with Gasteiger partial charge >= 0.3 is 0 Å². The first-order valence-corrected chi connectivity index (χ1v) is 20.6. The summed E-state index contributed by atoms with van der Waals surface area (Å²) in [6, 6.07) is 68.9. The van der Waals surface area contributed by atoms with Crippen LogP contribution in [-0.4, -0.2) is 5.84 Å². The fraction of sp³-hybridized carbons (Fsp3) is 0.0556. The molecule has 1 spiro atoms. The van der Waals surface area contributed by atoms with E-state index in [0.717, 1.165) is 23.2 Å². The highest BCUT2D eigenvalue weighted by Gasteiger charge is 2.51. The van der Waals surface area contributed by atoms with E-state index in [4.69, 9.17) is 10.7 Å². The molecule has 0 bridgehead atoms. The third kappa shape index (κ3) is 4.73. The van der Waals surface area contributed by atoms with E-state index >= 15 is 0 Å². The van der Waals surface area contributed by atoms with E-state index < -0.39 is 0 Å². The second-order valence-corrected chi connectivity index (χ2v) is 16.6. The highest BCUT2D eigenvalue weighted by Crippen LogP contribution is 2.63. The molecule has 0 radical (unpaired) electrons. The Kier molecular flexibility index (Phi) is 7.03. The first-order valence-electron chi connectivity index (χ1n) is 19.8. The summed E-state index contributed by atoms with van der Waals surface area (Å²) in [6.07, 6.45) is 0.972. The second kappa shape index (κ2) is 12.3. The molecule has 2 N–H and O–H groups in total. The SMILES string of the molecule is NC(=NC(=C1CC1c1ccccc1)c1cccc2sc3ccc(-c4ccc5c(c4)C4(c6ccccc6-c6ccccc64)c4ccccc4-5)cc3c12)c1ccccc1. The molecule has 3 aliphatic rings. The zero-order valence-corrected chi connectivity index (χ0v) is 31.9. The van der Waals surface area contributed by atoms with Crippen LogP contribution >= 0.6 is 11.3 Å². The monoisotopic (exact) mass is 744 g/mol. The molecule has 1 fully saturated rings. The maximum absolute atomic E-state index is 6.82. The molecule has 0 aliphatic heterocycles. The van der Waals surface area contributed by atoms with Crippen molar-refractivity contribution in [2.45, 2.75) is 17.8 Å². The molecule has 2 nitrogen and oxygen atoms in total. The lowest BCUT2D eigenvalue weighted by Crippen LogP contribution is -2.25. The van der Waals surface area contributed by atoms with Crippen LogP contribution in [0.15, 0.2) is 199 Å². The molecule has 1 heterocycles. The molecule has 1 saturated carbocycles. The number of amidine groups is 1. The van der Waals surface area contributed by atoms with E-state index in [2.05, 4.69) is 158 Å². The summed E-state index contributed by atoms with van der Waals surface area (Å²) in [6.45, 7) is 0. The summed E-state index contributed by atoms with van der Waals surface area (Å²) in [7, 11) is 0. The highest BCUT2D eigenvalue weighted by atomic mass is 32.1. The van der Waals surface area contributed by atoms with Gasteiger partial charge in [-0.25, -0.2) is 4.99 Å². The van der Waals surface area contributed by atoms with Gasteiger partial charge in [-0.3, -0.25) is 0 Å². The minimum atomic E-state index is -0.376. The van der Waals surface area contributed by atoms with Gasteiger partial charge in [0.1, 0.15) is 5.84 Å². The van der Waals surface area contributed by atoms with Gasteiger partial charge in [0.05, 0.1) is 11.1 Å². The van der Waals surface area contributed by atoms with Crippen molar-refractivity contribution in [1.29, 1.82) is 0 Å². The summed E-state index contributed by atoms with van der Waals surface area (Å²) >= 11 is 1.85. The average Bonchev–Trinajstić information content (AvgIpc) is 3.79. The molecule has 1 atom stereocenters. The van der Waals surface area contributed by atoms with Crippen molar-refractivity contribution in [2.24, 2.45) is 10.7 Å². The predicted octanol–water partition coefficient (Wildman–Crippen LogP) is 13.4. The fourth-order valence-electron chi connectivity index (χ4n) is 10.0. The lowest BCUT2D eigenvalue weighted by atomic mass is 9.70. The van der Waals surface area contributed by atoms with E-state index in [1.54, 1.807) is 0 Å². The topological polar surface area (TPSA) is 38.4 Å². The van der Waals surface area contributed by atoms with Crippen LogP contribution in [0.1, 0.15) is 51.3 Å². The van der Waals surface area contributed by atoms with Crippen molar-refractivity contribution < 1.29 is 0 Å². The van der Waals surface area contributed by atoms with E-state index in [1.807, 2.05) is 41.7 Å². The number of allylic oxidation sites excluding steroid dienone is 1. The summed E-state index contributed by atoms with van der Waals surface area (Å²) in [4.78, 5) is 5.29. The maximum Gasteiger partial charge on any atom is 0.131 e. The number of fused-ring (bicyclic) bond motifs is 13. The molecule has 12 rings (SSSR count). The molecule has 3 heteroatoms. The van der Waals surface area contributed by atoms with Crippen molar-refractivity contribution in [2.75, 3.05) is 0 Å². The van der Waals surface area contributed by atoms with Gasteiger partial charge in [-0.05, 0) is 97.5 Å². The Morgan fingerprint density at radius 3 is 1.79 bits per heavy atom. The van der Waals surface area contributed by atoms with Gasteiger partial charge in [-0.15, -0.1) is 11.3 Å². The molecule has 57 heavy (non-hydrogen) atoms. The highest BCUT2D eigenvalue weighted by molar-refractivity contribution is 7.25. The van der Waals surface area contributed by atoms with E-state index in [9.17, 15) is 0 Å². The van der Waals surface area contributed by atoms with Crippen molar-refractivity contribution in [3.05, 3.63) is 233 Å². The average molecular weight is 745 g/mol. The van der Waals surface area contributed by atoms with Crippen LogP contribution in [0.2, 0.25) is 0 Å². The van der Waals surface area contributed by atoms with Gasteiger partial charge in [0.15, 0.2) is 0 Å². The third-order valence-corrected chi connectivity index (χ3v) is 13.7. The first-order chi connectivity index (χ1) is 28.2. The van der Waals surface area contributed by atoms with Gasteiger partial charge in [0, 0.05) is 37.2 Å². The van der Waals surface area contributed by atoms with Crippen LogP contribution in [-0.2, 0) is 5.41 Å². The first kappa shape index (κ1) is 32.4. The van der Waals surface area contributed by atoms with E-state index in [0.29, 0.717) is 11.8 Å². The molecule has 1 unspecified atom stereocenters. The number of hydrogen-bond acceptors (Lipinski definition) is 2. The Morgan fingerprint density at radius 1 is 0.526 bits per heavy atom. The van der Waals surface area contributed by atoms with Gasteiger partial charge in [0.2, 0.25) is 0 Å². The van der Waals surface area contributed by atoms with Gasteiger partial charge in [0.25, 0.3) is 0 Å². The maximum atomic E-state index is 6.82. The fourth-order valence-corrected chi connectivity index (χ4v) is 11.1. The number of nitrogens with two attached hydrogens (primary N) is 1. The molecule has 8 aromatic carbocycles. The van der Waals surface area contributed by atoms with Crippen LogP contribution in [0, 0.1) is 0 Å². The Morgan fingerprint density at radius 2 is 1.11 bits per heavy atom. The number of hydrogen-bond donors (Lipinski definition) is 1. The third-order valence-electron chi connectivity index (χ3n) is 12.6. The van der Waals surface area contributed by atoms with Crippen molar-refractivity contribution in [3.8, 4) is 33.4 Å². The lowest BCUT2D eigenvalue weighted by molar-refractivity contribution is 0.794. The van der Waals surface area contributed by atoms with E-state index in [1.165, 1.54) is 86.9 Å². The normalized spacial score (nSPS) is 16.7. The molecule has 3 aliphatic carbocycles. The minimum absolute atomic E-state index is 0.331. The molecule has 9 aromatic rings. The van der Waals surface area contributed by atoms with Gasteiger partial charge < -0.3 is 5.73 Å². The molecule has 268 valence electrons. The second-order valence-electron chi connectivity index (χ2n) is 15.5. The molecule has 0 amide bonds. The van der Waals surface area contributed by atoms with Gasteiger partial charge in [-0.1, -0.05) is 164 Å². The largest absolute Gasteiger partial charge is 0.383 e. The summed E-state index contributed by atoms with van der Waals surface area (Å²) < 4.78 is 2.52. The zero-order chi connectivity index (χ0) is 37.7. The van der Waals surface area contributed by atoms with E-state index in [-0.39, 0.29) is 5.41 Å². The smallest absolute Gasteiger partial charge is 0.131 e. The van der Waals surface area contributed by atoms with Crippen LogP contribution in [0.5, 0.6) is 0 Å². The zero-order valence-electron chi connectivity index (χ0n) is 31.1. The summed E-state index contributed by atoms with van der Waals surface area (Å²) in [5, 5.41) is 2.50. The minimum Gasteiger partial charge on any atom is -0.383 e.